The second-order valence-corrected chi connectivity index (χ2v) is 8.92. The molecule has 0 saturated heterocycles. The van der Waals surface area contributed by atoms with Gasteiger partial charge in [-0.25, -0.2) is 17.2 Å². The minimum absolute atomic E-state index is 0.192. The minimum Gasteiger partial charge on any atom is -0.324 e. The predicted molar refractivity (Wildman–Crippen MR) is 118 cm³/mol. The van der Waals surface area contributed by atoms with Gasteiger partial charge in [0, 0.05) is 17.2 Å². The van der Waals surface area contributed by atoms with Crippen molar-refractivity contribution in [1.29, 1.82) is 0 Å². The van der Waals surface area contributed by atoms with Crippen molar-refractivity contribution in [3.05, 3.63) is 95.6 Å². The summed E-state index contributed by atoms with van der Waals surface area (Å²) in [4.78, 5) is 25.8. The predicted octanol–water partition coefficient (Wildman–Crippen LogP) is 3.99. The molecule has 6 nitrogen and oxygen atoms in total. The molecule has 3 aromatic rings. The number of carbonyl (C=O) groups is 2. The summed E-state index contributed by atoms with van der Waals surface area (Å²) in [6, 6.07) is 16.0. The number of rotatable bonds is 7. The maximum atomic E-state index is 13.7. The van der Waals surface area contributed by atoms with E-state index in [1.54, 1.807) is 48.5 Å². The molecule has 9 heteroatoms. The molecule has 0 bridgehead atoms. The molecule has 0 aromatic heterocycles. The Morgan fingerprint density at radius 1 is 0.906 bits per heavy atom. The van der Waals surface area contributed by atoms with Crippen molar-refractivity contribution in [2.24, 2.45) is 0 Å². The van der Waals surface area contributed by atoms with Gasteiger partial charge in [-0.2, -0.15) is 0 Å². The number of anilines is 2. The third-order valence-electron chi connectivity index (χ3n) is 4.71. The highest BCUT2D eigenvalue weighted by atomic mass is 32.2. The molecule has 0 unspecified atom stereocenters. The zero-order valence-corrected chi connectivity index (χ0v) is 18.1. The van der Waals surface area contributed by atoms with Crippen LogP contribution >= 0.6 is 0 Å². The third-order valence-corrected chi connectivity index (χ3v) is 5.95. The number of hydrogen-bond acceptors (Lipinski definition) is 4. The average molecular weight is 458 g/mol. The minimum atomic E-state index is -4.04. The molecule has 0 aliphatic rings. The van der Waals surface area contributed by atoms with Crippen molar-refractivity contribution in [3.63, 3.8) is 0 Å². The van der Waals surface area contributed by atoms with Crippen LogP contribution in [0.3, 0.4) is 0 Å². The SMILES string of the molecule is C[C@H](C(=O)Nc1ccccc1C(=O)c1ccccc1)N(c1ccc(F)c(F)c1)S(C)(=O)=O. The van der Waals surface area contributed by atoms with E-state index < -0.39 is 33.6 Å². The number of benzene rings is 3. The maximum absolute atomic E-state index is 13.7. The van der Waals surface area contributed by atoms with Crippen LogP contribution in [0, 0.1) is 11.6 Å². The van der Waals surface area contributed by atoms with E-state index in [0.29, 0.717) is 15.9 Å². The van der Waals surface area contributed by atoms with Gasteiger partial charge in [-0.3, -0.25) is 13.9 Å². The summed E-state index contributed by atoms with van der Waals surface area (Å²) in [6.07, 6.45) is 0.852. The van der Waals surface area contributed by atoms with E-state index in [1.165, 1.54) is 13.0 Å². The topological polar surface area (TPSA) is 83.6 Å². The lowest BCUT2D eigenvalue weighted by atomic mass is 10.0. The lowest BCUT2D eigenvalue weighted by Gasteiger charge is -2.28. The summed E-state index contributed by atoms with van der Waals surface area (Å²) in [7, 11) is -4.04. The maximum Gasteiger partial charge on any atom is 0.248 e. The molecule has 1 atom stereocenters. The van der Waals surface area contributed by atoms with E-state index in [2.05, 4.69) is 5.32 Å². The molecular formula is C23H20F2N2O4S. The fourth-order valence-electron chi connectivity index (χ4n) is 3.20. The molecule has 0 heterocycles. The van der Waals surface area contributed by atoms with Crippen LogP contribution in [0.15, 0.2) is 72.8 Å². The third kappa shape index (κ3) is 5.00. The van der Waals surface area contributed by atoms with E-state index in [9.17, 15) is 26.8 Å². The molecule has 0 aliphatic carbocycles. The van der Waals surface area contributed by atoms with Gasteiger partial charge in [0.05, 0.1) is 17.6 Å². The summed E-state index contributed by atoms with van der Waals surface area (Å²) in [5.41, 5.74) is 0.624. The molecule has 0 radical (unpaired) electrons. The number of sulfonamides is 1. The van der Waals surface area contributed by atoms with Crippen molar-refractivity contribution in [3.8, 4) is 0 Å². The Bertz CT molecular complexity index is 1260. The van der Waals surface area contributed by atoms with E-state index in [1.807, 2.05) is 0 Å². The monoisotopic (exact) mass is 458 g/mol. The summed E-state index contributed by atoms with van der Waals surface area (Å²) in [6.45, 7) is 1.30. The van der Waals surface area contributed by atoms with Crippen molar-refractivity contribution < 1.29 is 26.8 Å². The summed E-state index contributed by atoms with van der Waals surface area (Å²) >= 11 is 0. The molecule has 0 fully saturated rings. The van der Waals surface area contributed by atoms with Crippen molar-refractivity contribution in [2.75, 3.05) is 15.9 Å². The molecule has 3 aromatic carbocycles. The summed E-state index contributed by atoms with van der Waals surface area (Å²) in [5.74, 6) is -3.47. The van der Waals surface area contributed by atoms with Gasteiger partial charge in [0.1, 0.15) is 6.04 Å². The van der Waals surface area contributed by atoms with Gasteiger partial charge < -0.3 is 5.32 Å². The Labute approximate surface area is 184 Å². The van der Waals surface area contributed by atoms with Crippen molar-refractivity contribution in [2.45, 2.75) is 13.0 Å². The molecule has 0 saturated carbocycles. The molecule has 166 valence electrons. The van der Waals surface area contributed by atoms with Crippen LogP contribution in [0.25, 0.3) is 0 Å². The molecule has 32 heavy (non-hydrogen) atoms. The number of ketones is 1. The zero-order chi connectivity index (χ0) is 23.5. The first-order valence-electron chi connectivity index (χ1n) is 9.53. The van der Waals surface area contributed by atoms with E-state index in [0.717, 1.165) is 18.4 Å². The highest BCUT2D eigenvalue weighted by Crippen LogP contribution is 2.25. The number of carbonyl (C=O) groups excluding carboxylic acids is 2. The van der Waals surface area contributed by atoms with Gasteiger partial charge in [-0.15, -0.1) is 0 Å². The number of nitrogens with one attached hydrogen (secondary N) is 1. The Morgan fingerprint density at radius 3 is 2.16 bits per heavy atom. The molecule has 3 rings (SSSR count). The van der Waals surface area contributed by atoms with Crippen LogP contribution in [0.5, 0.6) is 0 Å². The van der Waals surface area contributed by atoms with Crippen molar-refractivity contribution >= 4 is 33.1 Å². The molecule has 1 N–H and O–H groups in total. The molecule has 0 aliphatic heterocycles. The van der Waals surface area contributed by atoms with Crippen LogP contribution < -0.4 is 9.62 Å². The van der Waals surface area contributed by atoms with E-state index in [4.69, 9.17) is 0 Å². The number of nitrogens with zero attached hydrogens (tertiary/aromatic N) is 1. The van der Waals surface area contributed by atoms with Gasteiger partial charge in [0.2, 0.25) is 15.9 Å². The first-order valence-corrected chi connectivity index (χ1v) is 11.4. The lowest BCUT2D eigenvalue weighted by Crippen LogP contribution is -2.45. The van der Waals surface area contributed by atoms with Crippen LogP contribution in [0.2, 0.25) is 0 Å². The van der Waals surface area contributed by atoms with E-state index in [-0.39, 0.29) is 22.7 Å². The normalized spacial score (nSPS) is 12.1. The van der Waals surface area contributed by atoms with Gasteiger partial charge in [-0.05, 0) is 31.2 Å². The number of para-hydroxylation sites is 1. The largest absolute Gasteiger partial charge is 0.324 e. The number of amides is 1. The van der Waals surface area contributed by atoms with Gasteiger partial charge in [0.25, 0.3) is 0 Å². The fraction of sp³-hybridized carbons (Fsp3) is 0.130. The zero-order valence-electron chi connectivity index (χ0n) is 17.2. The fourth-order valence-corrected chi connectivity index (χ4v) is 4.37. The second kappa shape index (κ2) is 9.27. The average Bonchev–Trinajstić information content (AvgIpc) is 2.76. The first kappa shape index (κ1) is 23.1. The second-order valence-electron chi connectivity index (χ2n) is 7.06. The Hall–Kier alpha value is -3.59. The summed E-state index contributed by atoms with van der Waals surface area (Å²) < 4.78 is 52.4. The standard InChI is InChI=1S/C23H20F2N2O4S/c1-15(27(32(2,30)31)17-12-13-19(24)20(25)14-17)23(29)26-21-11-7-6-10-18(21)22(28)16-8-4-3-5-9-16/h3-15H,1-2H3,(H,26,29)/t15-/m1/s1. The van der Waals surface area contributed by atoms with Crippen LogP contribution in [-0.4, -0.2) is 32.4 Å². The highest BCUT2D eigenvalue weighted by Gasteiger charge is 2.30. The quantitative estimate of drug-likeness (QED) is 0.543. The Balaban J connectivity index is 1.92. The van der Waals surface area contributed by atoms with Crippen LogP contribution in [-0.2, 0) is 14.8 Å². The number of halogens is 2. The van der Waals surface area contributed by atoms with Gasteiger partial charge in [0.15, 0.2) is 17.4 Å². The van der Waals surface area contributed by atoms with Crippen LogP contribution in [0.4, 0.5) is 20.2 Å². The molecule has 0 spiro atoms. The summed E-state index contributed by atoms with van der Waals surface area (Å²) in [5, 5.41) is 2.58. The Kier molecular flexibility index (Phi) is 6.69. The highest BCUT2D eigenvalue weighted by molar-refractivity contribution is 7.92. The van der Waals surface area contributed by atoms with Gasteiger partial charge >= 0.3 is 0 Å². The molecule has 1 amide bonds. The van der Waals surface area contributed by atoms with Crippen molar-refractivity contribution in [1.82, 2.24) is 0 Å². The molecular weight excluding hydrogens is 438 g/mol. The lowest BCUT2D eigenvalue weighted by molar-refractivity contribution is -0.116. The smallest absolute Gasteiger partial charge is 0.248 e. The van der Waals surface area contributed by atoms with Gasteiger partial charge in [-0.1, -0.05) is 42.5 Å². The number of hydrogen-bond donors (Lipinski definition) is 1. The first-order chi connectivity index (χ1) is 15.1. The van der Waals surface area contributed by atoms with E-state index >= 15 is 0 Å². The van der Waals surface area contributed by atoms with Crippen LogP contribution in [0.1, 0.15) is 22.8 Å². The Morgan fingerprint density at radius 2 is 1.53 bits per heavy atom.